The maximum Gasteiger partial charge on any atom is 0.269 e. The average molecular weight is 466 g/mol. The third-order valence-corrected chi connectivity index (χ3v) is 5.88. The van der Waals surface area contributed by atoms with Gasteiger partial charge in [-0.05, 0) is 61.9 Å². The molecule has 9 heteroatoms. The van der Waals surface area contributed by atoms with Gasteiger partial charge in [-0.3, -0.25) is 19.7 Å². The molecule has 33 heavy (non-hydrogen) atoms. The number of hydrogen-bond acceptors (Lipinski definition) is 6. The predicted octanol–water partition coefficient (Wildman–Crippen LogP) is 5.28. The number of nitro groups is 1. The second-order valence-corrected chi connectivity index (χ2v) is 8.63. The summed E-state index contributed by atoms with van der Waals surface area (Å²) in [6, 6.07) is 18.4. The van der Waals surface area contributed by atoms with Gasteiger partial charge < -0.3 is 15.4 Å². The van der Waals surface area contributed by atoms with Crippen LogP contribution in [0.25, 0.3) is 0 Å². The number of non-ortho nitro benzene ring substituents is 1. The van der Waals surface area contributed by atoms with E-state index in [9.17, 15) is 19.7 Å². The molecule has 1 unspecified atom stereocenters. The Labute approximate surface area is 195 Å². The quantitative estimate of drug-likeness (QED) is 0.266. The van der Waals surface area contributed by atoms with E-state index in [4.69, 9.17) is 4.74 Å². The summed E-state index contributed by atoms with van der Waals surface area (Å²) in [5, 5.41) is 16.1. The Balaban J connectivity index is 1.64. The third kappa shape index (κ3) is 6.33. The van der Waals surface area contributed by atoms with Crippen molar-refractivity contribution in [2.75, 3.05) is 17.7 Å². The molecule has 3 rings (SSSR count). The molecule has 8 nitrogen and oxygen atoms in total. The highest BCUT2D eigenvalue weighted by molar-refractivity contribution is 8.00. The van der Waals surface area contributed by atoms with Crippen LogP contribution in [0, 0.1) is 17.0 Å². The van der Waals surface area contributed by atoms with Gasteiger partial charge in [-0.25, -0.2) is 0 Å². The zero-order chi connectivity index (χ0) is 24.0. The smallest absolute Gasteiger partial charge is 0.269 e. The number of thioether (sulfide) groups is 1. The molecule has 2 N–H and O–H groups in total. The van der Waals surface area contributed by atoms with E-state index in [1.807, 2.05) is 6.07 Å². The zero-order valence-corrected chi connectivity index (χ0v) is 19.1. The van der Waals surface area contributed by atoms with Crippen molar-refractivity contribution in [1.82, 2.24) is 0 Å². The van der Waals surface area contributed by atoms with Crippen LogP contribution in [0.4, 0.5) is 17.1 Å². The number of nitrogens with one attached hydrogen (secondary N) is 2. The van der Waals surface area contributed by atoms with Gasteiger partial charge in [-0.2, -0.15) is 0 Å². The third-order valence-electron chi connectivity index (χ3n) is 4.78. The van der Waals surface area contributed by atoms with E-state index in [-0.39, 0.29) is 17.5 Å². The second kappa shape index (κ2) is 10.6. The summed E-state index contributed by atoms with van der Waals surface area (Å²) in [5.74, 6) is 0.0910. The van der Waals surface area contributed by atoms with Crippen LogP contribution in [0.2, 0.25) is 0 Å². The van der Waals surface area contributed by atoms with Gasteiger partial charge in [-0.15, -0.1) is 11.8 Å². The Morgan fingerprint density at radius 3 is 2.48 bits per heavy atom. The lowest BCUT2D eigenvalue weighted by Crippen LogP contribution is -2.22. The number of carbonyl (C=O) groups excluding carboxylic acids is 2. The van der Waals surface area contributed by atoms with E-state index < -0.39 is 10.2 Å². The standard InChI is InChI=1S/C24H23N3O5S/c1-15-12-19(27(30)31)10-11-22(15)26-23(28)16(2)33-21-9-5-7-18(14-21)25-24(29)17-6-4-8-20(13-17)32-3/h4-14,16H,1-3H3,(H,25,29)(H,26,28). The molecule has 3 aromatic carbocycles. The highest BCUT2D eigenvalue weighted by Gasteiger charge is 2.17. The Kier molecular flexibility index (Phi) is 7.68. The van der Waals surface area contributed by atoms with E-state index in [1.165, 1.54) is 37.1 Å². The summed E-state index contributed by atoms with van der Waals surface area (Å²) in [6.45, 7) is 3.47. The largest absolute Gasteiger partial charge is 0.497 e. The van der Waals surface area contributed by atoms with Crippen molar-refractivity contribution in [2.45, 2.75) is 24.0 Å². The maximum absolute atomic E-state index is 12.6. The van der Waals surface area contributed by atoms with Crippen molar-refractivity contribution in [3.05, 3.63) is 88.0 Å². The molecule has 0 fully saturated rings. The molecular formula is C24H23N3O5S. The van der Waals surface area contributed by atoms with Gasteiger partial charge in [0.2, 0.25) is 5.91 Å². The molecule has 0 aromatic heterocycles. The number of amides is 2. The number of benzene rings is 3. The number of ether oxygens (including phenoxy) is 1. The predicted molar refractivity (Wildman–Crippen MR) is 129 cm³/mol. The minimum Gasteiger partial charge on any atom is -0.497 e. The van der Waals surface area contributed by atoms with Crippen LogP contribution in [0.3, 0.4) is 0 Å². The summed E-state index contributed by atoms with van der Waals surface area (Å²) in [5.41, 5.74) is 2.18. The summed E-state index contributed by atoms with van der Waals surface area (Å²) in [7, 11) is 1.54. The monoisotopic (exact) mass is 465 g/mol. The number of nitro benzene ring substituents is 1. The molecule has 0 bridgehead atoms. The zero-order valence-electron chi connectivity index (χ0n) is 18.3. The molecule has 170 valence electrons. The summed E-state index contributed by atoms with van der Waals surface area (Å²) in [4.78, 5) is 36.4. The second-order valence-electron chi connectivity index (χ2n) is 7.22. The molecule has 0 aliphatic rings. The number of nitrogens with zero attached hydrogens (tertiary/aromatic N) is 1. The van der Waals surface area contributed by atoms with Gasteiger partial charge in [0.25, 0.3) is 11.6 Å². The summed E-state index contributed by atoms with van der Waals surface area (Å²) >= 11 is 1.34. The van der Waals surface area contributed by atoms with E-state index in [1.54, 1.807) is 56.3 Å². The first-order chi connectivity index (χ1) is 15.8. The molecule has 0 spiro atoms. The fraction of sp³-hybridized carbons (Fsp3) is 0.167. The number of hydrogen-bond donors (Lipinski definition) is 2. The minimum absolute atomic E-state index is 0.0271. The molecule has 0 saturated heterocycles. The molecule has 3 aromatic rings. The SMILES string of the molecule is COc1cccc(C(=O)Nc2cccc(SC(C)C(=O)Nc3ccc([N+](=O)[O-])cc3C)c2)c1. The lowest BCUT2D eigenvalue weighted by Gasteiger charge is -2.14. The topological polar surface area (TPSA) is 111 Å². The lowest BCUT2D eigenvalue weighted by atomic mass is 10.2. The Morgan fingerprint density at radius 2 is 1.79 bits per heavy atom. The summed E-state index contributed by atoms with van der Waals surface area (Å²) < 4.78 is 5.16. The van der Waals surface area contributed by atoms with Gasteiger partial charge >= 0.3 is 0 Å². The fourth-order valence-corrected chi connectivity index (χ4v) is 3.93. The van der Waals surface area contributed by atoms with Crippen LogP contribution >= 0.6 is 11.8 Å². The number of anilines is 2. The van der Waals surface area contributed by atoms with Crippen molar-refractivity contribution >= 4 is 40.6 Å². The van der Waals surface area contributed by atoms with Crippen LogP contribution in [-0.2, 0) is 4.79 Å². The summed E-state index contributed by atoms with van der Waals surface area (Å²) in [6.07, 6.45) is 0. The minimum atomic E-state index is -0.475. The van der Waals surface area contributed by atoms with Crippen LogP contribution in [0.15, 0.2) is 71.6 Å². The van der Waals surface area contributed by atoms with E-state index in [2.05, 4.69) is 10.6 Å². The van der Waals surface area contributed by atoms with Gasteiger partial charge in [0, 0.05) is 34.0 Å². The van der Waals surface area contributed by atoms with Crippen molar-refractivity contribution in [1.29, 1.82) is 0 Å². The number of methoxy groups -OCH3 is 1. The first-order valence-electron chi connectivity index (χ1n) is 10.0. The van der Waals surface area contributed by atoms with Crippen LogP contribution in [-0.4, -0.2) is 29.1 Å². The van der Waals surface area contributed by atoms with Crippen LogP contribution in [0.5, 0.6) is 5.75 Å². The molecule has 0 saturated carbocycles. The Hall–Kier alpha value is -3.85. The molecule has 0 aliphatic carbocycles. The first-order valence-corrected chi connectivity index (χ1v) is 10.9. The highest BCUT2D eigenvalue weighted by atomic mass is 32.2. The molecule has 1 atom stereocenters. The molecule has 0 heterocycles. The van der Waals surface area contributed by atoms with Gasteiger partial charge in [0.1, 0.15) is 5.75 Å². The van der Waals surface area contributed by atoms with E-state index in [0.29, 0.717) is 28.3 Å². The molecule has 0 aliphatic heterocycles. The van der Waals surface area contributed by atoms with Crippen molar-refractivity contribution < 1.29 is 19.2 Å². The van der Waals surface area contributed by atoms with Gasteiger partial charge in [-0.1, -0.05) is 12.1 Å². The lowest BCUT2D eigenvalue weighted by molar-refractivity contribution is -0.384. The van der Waals surface area contributed by atoms with E-state index >= 15 is 0 Å². The Morgan fingerprint density at radius 1 is 1.03 bits per heavy atom. The molecule has 0 radical (unpaired) electrons. The van der Waals surface area contributed by atoms with Gasteiger partial charge in [0.05, 0.1) is 17.3 Å². The maximum atomic E-state index is 12.6. The first kappa shape index (κ1) is 23.8. The highest BCUT2D eigenvalue weighted by Crippen LogP contribution is 2.28. The average Bonchev–Trinajstić information content (AvgIpc) is 2.80. The molecular weight excluding hydrogens is 442 g/mol. The normalized spacial score (nSPS) is 11.4. The molecule has 2 amide bonds. The Bertz CT molecular complexity index is 1200. The van der Waals surface area contributed by atoms with Crippen molar-refractivity contribution in [3.8, 4) is 5.75 Å². The van der Waals surface area contributed by atoms with Gasteiger partial charge in [0.15, 0.2) is 0 Å². The van der Waals surface area contributed by atoms with Crippen molar-refractivity contribution in [3.63, 3.8) is 0 Å². The van der Waals surface area contributed by atoms with Crippen LogP contribution < -0.4 is 15.4 Å². The van der Waals surface area contributed by atoms with E-state index in [0.717, 1.165) is 4.90 Å². The number of aryl methyl sites for hydroxylation is 1. The van der Waals surface area contributed by atoms with Crippen LogP contribution in [0.1, 0.15) is 22.8 Å². The fourth-order valence-electron chi connectivity index (χ4n) is 3.01. The number of carbonyl (C=O) groups is 2. The van der Waals surface area contributed by atoms with Crippen molar-refractivity contribution in [2.24, 2.45) is 0 Å². The number of rotatable bonds is 8.